The minimum atomic E-state index is -1.53. The number of esters is 2. The van der Waals surface area contributed by atoms with E-state index in [0.29, 0.717) is 17.4 Å². The smallest absolute Gasteiger partial charge is 0.361 e. The van der Waals surface area contributed by atoms with Crippen LogP contribution in [0.2, 0.25) is 0 Å². The number of carbonyl (C=O) groups excluding carboxylic acids is 2. The molecule has 0 aromatic carbocycles. The summed E-state index contributed by atoms with van der Waals surface area (Å²) in [5.74, 6) is -2.04. The lowest BCUT2D eigenvalue weighted by atomic mass is 10.1. The molecule has 9 heteroatoms. The van der Waals surface area contributed by atoms with Gasteiger partial charge in [-0.2, -0.15) is 0 Å². The normalized spacial score (nSPS) is 13.7. The molecule has 1 N–H and O–H groups in total. The molecule has 0 aliphatic carbocycles. The number of quaternary nitrogens is 1. The van der Waals surface area contributed by atoms with Crippen LogP contribution in [0.5, 0.6) is 0 Å². The molecule has 0 spiro atoms. The zero-order chi connectivity index (χ0) is 60.5. The van der Waals surface area contributed by atoms with E-state index in [0.717, 1.165) is 128 Å². The Hall–Kier alpha value is -4.83. The average molecular weight is 1150 g/mol. The highest BCUT2D eigenvalue weighted by molar-refractivity contribution is 5.71. The first kappa shape index (κ1) is 78.2. The molecule has 470 valence electrons. The van der Waals surface area contributed by atoms with Crippen molar-refractivity contribution in [3.63, 3.8) is 0 Å². The van der Waals surface area contributed by atoms with E-state index < -0.39 is 24.3 Å². The Morgan fingerprint density at radius 2 is 0.687 bits per heavy atom. The highest BCUT2D eigenvalue weighted by atomic mass is 16.7. The summed E-state index contributed by atoms with van der Waals surface area (Å²) in [6.45, 7) is 4.72. The summed E-state index contributed by atoms with van der Waals surface area (Å²) in [5, 5.41) is 9.73. The number of hydrogen-bond donors (Lipinski definition) is 1. The highest BCUT2D eigenvalue weighted by Gasteiger charge is 2.25. The van der Waals surface area contributed by atoms with Gasteiger partial charge in [0.1, 0.15) is 13.2 Å². The number of ether oxygens (including phenoxy) is 4. The Balaban J connectivity index is 4.26. The molecule has 2 atom stereocenters. The first-order chi connectivity index (χ1) is 40.6. The fourth-order valence-corrected chi connectivity index (χ4v) is 8.54. The van der Waals surface area contributed by atoms with Crippen molar-refractivity contribution in [2.24, 2.45) is 0 Å². The molecule has 2 unspecified atom stereocenters. The largest absolute Gasteiger partial charge is 0.477 e. The number of likely N-dealkylation sites (N-methyl/N-ethyl adjacent to an activating group) is 1. The molecule has 0 bridgehead atoms. The maximum absolute atomic E-state index is 12.9. The van der Waals surface area contributed by atoms with Crippen LogP contribution in [0, 0.1) is 0 Å². The van der Waals surface area contributed by atoms with E-state index in [1.165, 1.54) is 83.5 Å². The second-order valence-electron chi connectivity index (χ2n) is 22.7. The van der Waals surface area contributed by atoms with Crippen LogP contribution in [0.25, 0.3) is 0 Å². The molecule has 0 aliphatic heterocycles. The molecule has 0 rings (SSSR count). The number of carbonyl (C=O) groups is 3. The van der Waals surface area contributed by atoms with Crippen molar-refractivity contribution >= 4 is 17.9 Å². The maximum Gasteiger partial charge on any atom is 0.361 e. The molecule has 0 radical (unpaired) electrons. The van der Waals surface area contributed by atoms with Crippen molar-refractivity contribution in [2.45, 2.75) is 257 Å². The highest BCUT2D eigenvalue weighted by Crippen LogP contribution is 2.15. The lowest BCUT2D eigenvalue weighted by molar-refractivity contribution is -0.870. The molecule has 9 nitrogen and oxygen atoms in total. The Morgan fingerprint density at radius 1 is 0.373 bits per heavy atom. The van der Waals surface area contributed by atoms with Crippen molar-refractivity contribution in [2.75, 3.05) is 47.5 Å². The van der Waals surface area contributed by atoms with E-state index >= 15 is 0 Å². The van der Waals surface area contributed by atoms with Crippen molar-refractivity contribution in [3.05, 3.63) is 146 Å². The third-order valence-corrected chi connectivity index (χ3v) is 13.6. The summed E-state index contributed by atoms with van der Waals surface area (Å²) < 4.78 is 22.9. The van der Waals surface area contributed by atoms with E-state index in [1.807, 2.05) is 21.1 Å². The Morgan fingerprint density at radius 3 is 1.02 bits per heavy atom. The van der Waals surface area contributed by atoms with E-state index in [-0.39, 0.29) is 38.6 Å². The van der Waals surface area contributed by atoms with Gasteiger partial charge in [0.25, 0.3) is 6.29 Å². The van der Waals surface area contributed by atoms with Crippen molar-refractivity contribution in [1.29, 1.82) is 0 Å². The first-order valence-corrected chi connectivity index (χ1v) is 33.0. The van der Waals surface area contributed by atoms with Crippen LogP contribution in [0.3, 0.4) is 0 Å². The summed E-state index contributed by atoms with van der Waals surface area (Å²) in [4.78, 5) is 37.6. The van der Waals surface area contributed by atoms with Crippen LogP contribution in [-0.2, 0) is 33.3 Å². The van der Waals surface area contributed by atoms with Crippen molar-refractivity contribution in [3.8, 4) is 0 Å². The zero-order valence-electron chi connectivity index (χ0n) is 53.5. The number of unbranched alkanes of at least 4 members (excludes halogenated alkanes) is 20. The number of aliphatic carboxylic acids is 1. The van der Waals surface area contributed by atoms with Crippen LogP contribution in [0.1, 0.15) is 245 Å². The number of allylic oxidation sites excluding steroid dienone is 24. The van der Waals surface area contributed by atoms with Crippen molar-refractivity contribution < 1.29 is 42.9 Å². The van der Waals surface area contributed by atoms with Gasteiger partial charge in [-0.3, -0.25) is 9.59 Å². The van der Waals surface area contributed by atoms with Crippen LogP contribution in [-0.4, -0.2) is 87.4 Å². The number of rotatable bonds is 59. The number of carboxylic acid groups (broad SMARTS) is 1. The molecule has 0 aromatic heterocycles. The zero-order valence-corrected chi connectivity index (χ0v) is 53.5. The van der Waals surface area contributed by atoms with Crippen LogP contribution >= 0.6 is 0 Å². The van der Waals surface area contributed by atoms with Gasteiger partial charge in [0.05, 0.1) is 34.4 Å². The summed E-state index contributed by atoms with van der Waals surface area (Å²) >= 11 is 0. The van der Waals surface area contributed by atoms with E-state index in [4.69, 9.17) is 18.9 Å². The minimum absolute atomic E-state index is 0.176. The van der Waals surface area contributed by atoms with Gasteiger partial charge >= 0.3 is 17.9 Å². The van der Waals surface area contributed by atoms with Crippen molar-refractivity contribution in [1.82, 2.24) is 0 Å². The van der Waals surface area contributed by atoms with Gasteiger partial charge < -0.3 is 28.5 Å². The maximum atomic E-state index is 12.9. The quantitative estimate of drug-likeness (QED) is 0.0211. The third-order valence-electron chi connectivity index (χ3n) is 13.6. The van der Waals surface area contributed by atoms with Gasteiger partial charge in [0, 0.05) is 12.8 Å². The number of nitrogens with zero attached hydrogens (tertiary/aromatic N) is 1. The Bertz CT molecular complexity index is 1870. The van der Waals surface area contributed by atoms with Crippen LogP contribution in [0.4, 0.5) is 0 Å². The predicted molar refractivity (Wildman–Crippen MR) is 354 cm³/mol. The van der Waals surface area contributed by atoms with Gasteiger partial charge in [0.15, 0.2) is 6.10 Å². The van der Waals surface area contributed by atoms with Gasteiger partial charge in [-0.15, -0.1) is 0 Å². The van der Waals surface area contributed by atoms with E-state index in [1.54, 1.807) is 0 Å². The molecular formula is C74H122NO8+. The molecule has 0 saturated carbocycles. The molecule has 83 heavy (non-hydrogen) atoms. The monoisotopic (exact) mass is 1150 g/mol. The van der Waals surface area contributed by atoms with Crippen LogP contribution < -0.4 is 0 Å². The molecule has 0 fully saturated rings. The lowest BCUT2D eigenvalue weighted by Gasteiger charge is -2.25. The summed E-state index contributed by atoms with van der Waals surface area (Å²) in [5.41, 5.74) is 0. The van der Waals surface area contributed by atoms with Gasteiger partial charge in [-0.25, -0.2) is 4.79 Å². The minimum Gasteiger partial charge on any atom is -0.477 e. The molecular weight excluding hydrogens is 1030 g/mol. The number of hydrogen-bond acceptors (Lipinski definition) is 7. The second-order valence-corrected chi connectivity index (χ2v) is 22.7. The standard InChI is InChI=1S/C74H121NO8/c1-6-8-10-12-14-16-18-20-22-24-26-28-30-31-32-33-34-35-36-37-38-39-40-41-43-45-47-49-51-53-55-57-59-61-63-65-72(77)83-70(69-82-74(73(78)79)80-67-66-75(3,4)5)68-81-71(76)64-62-60-58-56-54-52-50-48-46-44-42-29-27-25-23-21-19-17-15-13-11-9-7-2/h8,10,14,16,19-22,25-28,31-32,34-35,37-38,40-42,44-45,47,70,74H,6-7,9,11-13,15,17-18,23-24,29-30,33,36,39,43,46,48-69H2,1-5H3/p+1/b10-8-,16-14-,21-19-,22-20-,27-25-,28-26-,32-31-,35-34-,38-37-,41-40-,44-42-,47-45-. The topological polar surface area (TPSA) is 108 Å². The Labute approximate surface area is 509 Å². The summed E-state index contributed by atoms with van der Waals surface area (Å²) in [7, 11) is 5.96. The van der Waals surface area contributed by atoms with E-state index in [2.05, 4.69) is 160 Å². The fraction of sp³-hybridized carbons (Fsp3) is 0.635. The molecule has 0 amide bonds. The van der Waals surface area contributed by atoms with Crippen LogP contribution in [0.15, 0.2) is 146 Å². The lowest BCUT2D eigenvalue weighted by Crippen LogP contribution is -2.40. The predicted octanol–water partition coefficient (Wildman–Crippen LogP) is 20.3. The second kappa shape index (κ2) is 63.2. The molecule has 0 saturated heterocycles. The fourth-order valence-electron chi connectivity index (χ4n) is 8.54. The van der Waals surface area contributed by atoms with Gasteiger partial charge in [-0.1, -0.05) is 256 Å². The summed E-state index contributed by atoms with van der Waals surface area (Å²) in [6, 6.07) is 0. The SMILES string of the molecule is CC/C=C\C/C=C\C/C=C\C/C=C\C/C=C\C/C=C\C/C=C\C/C=C\C/C=C\CCCCCCCCCC(=O)OC(COC(=O)CCCCCCCCCC/C=C\C/C=C\C/C=C\CCCCCCC)COC(OCC[N+](C)(C)C)C(=O)O. The molecule has 0 aliphatic rings. The van der Waals surface area contributed by atoms with E-state index in [9.17, 15) is 19.5 Å². The third kappa shape index (κ3) is 64.6. The molecule has 0 aromatic rings. The summed E-state index contributed by atoms with van der Waals surface area (Å²) in [6.07, 6.45) is 89.3. The number of carboxylic acids is 1. The average Bonchev–Trinajstić information content (AvgIpc) is 3.46. The Kier molecular flexibility index (Phi) is 59.5. The first-order valence-electron chi connectivity index (χ1n) is 33.0. The van der Waals surface area contributed by atoms with Gasteiger partial charge in [0.2, 0.25) is 0 Å². The van der Waals surface area contributed by atoms with Gasteiger partial charge in [-0.05, 0) is 122 Å². The molecule has 0 heterocycles.